The monoisotopic (exact) mass is 192 g/mol. The highest BCUT2D eigenvalue weighted by molar-refractivity contribution is 6.03. The fourth-order valence-corrected chi connectivity index (χ4v) is 1.98. The number of hydrogen-bond acceptors (Lipinski definition) is 1. The van der Waals surface area contributed by atoms with Gasteiger partial charge in [-0.1, -0.05) is 33.4 Å². The molecule has 0 aromatic carbocycles. The summed E-state index contributed by atoms with van der Waals surface area (Å²) in [5.74, 6) is 0.821. The fourth-order valence-electron chi connectivity index (χ4n) is 1.98. The summed E-state index contributed by atoms with van der Waals surface area (Å²) in [4.78, 5) is 11.3. The molecule has 1 nitrogen and oxygen atoms in total. The lowest BCUT2D eigenvalue weighted by Gasteiger charge is -2.32. The molecule has 0 spiro atoms. The van der Waals surface area contributed by atoms with E-state index in [0.717, 1.165) is 24.8 Å². The maximum Gasteiger partial charge on any atom is 0.180 e. The largest absolute Gasteiger partial charge is 0.290 e. The molecule has 1 unspecified atom stereocenters. The van der Waals surface area contributed by atoms with Crippen LogP contribution in [0.15, 0.2) is 24.3 Å². The van der Waals surface area contributed by atoms with Gasteiger partial charge < -0.3 is 0 Å². The van der Waals surface area contributed by atoms with Crippen molar-refractivity contribution < 1.29 is 4.79 Å². The zero-order valence-electron chi connectivity index (χ0n) is 9.47. The highest BCUT2D eigenvalue weighted by Gasteiger charge is 2.26. The Balaban J connectivity index is 2.64. The minimum atomic E-state index is 0.109. The molecule has 0 saturated heterocycles. The van der Waals surface area contributed by atoms with Gasteiger partial charge in [-0.2, -0.15) is 0 Å². The van der Waals surface area contributed by atoms with Crippen LogP contribution in [0, 0.1) is 11.3 Å². The molecule has 0 N–H and O–H groups in total. The summed E-state index contributed by atoms with van der Waals surface area (Å²) < 4.78 is 0. The van der Waals surface area contributed by atoms with E-state index in [9.17, 15) is 4.79 Å². The first-order chi connectivity index (χ1) is 6.45. The van der Waals surface area contributed by atoms with Crippen LogP contribution in [0.2, 0.25) is 0 Å². The second-order valence-electron chi connectivity index (χ2n) is 5.14. The van der Waals surface area contributed by atoms with Gasteiger partial charge in [0.1, 0.15) is 0 Å². The molecule has 1 heteroatoms. The molecule has 0 aromatic rings. The van der Waals surface area contributed by atoms with E-state index in [4.69, 9.17) is 0 Å². The van der Waals surface area contributed by atoms with Gasteiger partial charge in [-0.15, -0.1) is 0 Å². The van der Waals surface area contributed by atoms with Crippen molar-refractivity contribution in [2.75, 3.05) is 0 Å². The van der Waals surface area contributed by atoms with Crippen LogP contribution in [0.1, 0.15) is 40.0 Å². The maximum atomic E-state index is 11.3. The van der Waals surface area contributed by atoms with Crippen molar-refractivity contribution in [1.29, 1.82) is 0 Å². The summed E-state index contributed by atoms with van der Waals surface area (Å²) in [5.41, 5.74) is 1.32. The summed E-state index contributed by atoms with van der Waals surface area (Å²) in [6.07, 6.45) is 6.62. The Morgan fingerprint density at radius 1 is 1.57 bits per heavy atom. The fraction of sp³-hybridized carbons (Fsp3) is 0.615. The summed E-state index contributed by atoms with van der Waals surface area (Å²) in [6.45, 7) is 10.3. The van der Waals surface area contributed by atoms with Crippen LogP contribution in [-0.2, 0) is 4.79 Å². The predicted octanol–water partition coefficient (Wildman–Crippen LogP) is 3.51. The smallest absolute Gasteiger partial charge is 0.180 e. The van der Waals surface area contributed by atoms with Crippen molar-refractivity contribution in [3.63, 3.8) is 0 Å². The third kappa shape index (κ3) is 2.57. The van der Waals surface area contributed by atoms with Crippen molar-refractivity contribution in [2.45, 2.75) is 40.0 Å². The molecule has 78 valence electrons. The minimum Gasteiger partial charge on any atom is -0.290 e. The SMILES string of the molecule is C=CC(=O)C1=CCC(C(C)(C)C)CC1. The summed E-state index contributed by atoms with van der Waals surface area (Å²) in [6, 6.07) is 0. The topological polar surface area (TPSA) is 17.1 Å². The first kappa shape index (κ1) is 11.2. The van der Waals surface area contributed by atoms with Crippen molar-refractivity contribution in [3.8, 4) is 0 Å². The van der Waals surface area contributed by atoms with Crippen LogP contribution in [0.4, 0.5) is 0 Å². The van der Waals surface area contributed by atoms with E-state index in [0.29, 0.717) is 11.3 Å². The first-order valence-electron chi connectivity index (χ1n) is 5.31. The molecule has 0 aromatic heterocycles. The Hall–Kier alpha value is -0.850. The van der Waals surface area contributed by atoms with Crippen LogP contribution >= 0.6 is 0 Å². The van der Waals surface area contributed by atoms with E-state index in [1.165, 1.54) is 6.08 Å². The Bertz CT molecular complexity index is 265. The number of allylic oxidation sites excluding steroid dienone is 3. The molecule has 1 aliphatic carbocycles. The third-order valence-corrected chi connectivity index (χ3v) is 3.14. The first-order valence-corrected chi connectivity index (χ1v) is 5.31. The van der Waals surface area contributed by atoms with Gasteiger partial charge in [0.15, 0.2) is 5.78 Å². The van der Waals surface area contributed by atoms with Gasteiger partial charge >= 0.3 is 0 Å². The van der Waals surface area contributed by atoms with Crippen LogP contribution < -0.4 is 0 Å². The molecule has 0 radical (unpaired) electrons. The average molecular weight is 192 g/mol. The minimum absolute atomic E-state index is 0.109. The van der Waals surface area contributed by atoms with Gasteiger partial charge in [0, 0.05) is 0 Å². The molecule has 1 aliphatic rings. The van der Waals surface area contributed by atoms with E-state index < -0.39 is 0 Å². The normalized spacial score (nSPS) is 22.8. The lowest BCUT2D eigenvalue weighted by molar-refractivity contribution is -0.111. The number of ketones is 1. The number of carbonyl (C=O) groups excluding carboxylic acids is 1. The van der Waals surface area contributed by atoms with Gasteiger partial charge in [0.2, 0.25) is 0 Å². The van der Waals surface area contributed by atoms with E-state index in [1.807, 2.05) is 0 Å². The highest BCUT2D eigenvalue weighted by Crippen LogP contribution is 2.37. The van der Waals surface area contributed by atoms with E-state index >= 15 is 0 Å². The summed E-state index contributed by atoms with van der Waals surface area (Å²) in [5, 5.41) is 0. The Morgan fingerprint density at radius 3 is 2.57 bits per heavy atom. The molecule has 0 aliphatic heterocycles. The number of hydrogen-bond donors (Lipinski definition) is 0. The molecule has 0 amide bonds. The molecule has 0 saturated carbocycles. The van der Waals surface area contributed by atoms with Gasteiger partial charge in [0.05, 0.1) is 0 Å². The van der Waals surface area contributed by atoms with E-state index in [-0.39, 0.29) is 5.78 Å². The van der Waals surface area contributed by atoms with Gasteiger partial charge in [-0.3, -0.25) is 4.79 Å². The number of carbonyl (C=O) groups is 1. The Morgan fingerprint density at radius 2 is 2.21 bits per heavy atom. The molecule has 1 rings (SSSR count). The average Bonchev–Trinajstić information content (AvgIpc) is 2.15. The lowest BCUT2D eigenvalue weighted by atomic mass is 9.73. The zero-order chi connectivity index (χ0) is 10.8. The van der Waals surface area contributed by atoms with Crippen LogP contribution in [-0.4, -0.2) is 5.78 Å². The van der Waals surface area contributed by atoms with Gasteiger partial charge in [-0.25, -0.2) is 0 Å². The lowest BCUT2D eigenvalue weighted by Crippen LogP contribution is -2.23. The summed E-state index contributed by atoms with van der Waals surface area (Å²) >= 11 is 0. The Kier molecular flexibility index (Phi) is 3.30. The quantitative estimate of drug-likeness (QED) is 0.612. The molecular formula is C13H20O. The van der Waals surface area contributed by atoms with E-state index in [2.05, 4.69) is 33.4 Å². The van der Waals surface area contributed by atoms with Crippen molar-refractivity contribution in [2.24, 2.45) is 11.3 Å². The maximum absolute atomic E-state index is 11.3. The second kappa shape index (κ2) is 4.12. The van der Waals surface area contributed by atoms with Crippen LogP contribution in [0.25, 0.3) is 0 Å². The third-order valence-electron chi connectivity index (χ3n) is 3.14. The van der Waals surface area contributed by atoms with Gasteiger partial charge in [0.25, 0.3) is 0 Å². The second-order valence-corrected chi connectivity index (χ2v) is 5.14. The molecule has 14 heavy (non-hydrogen) atoms. The molecule has 1 atom stereocenters. The highest BCUT2D eigenvalue weighted by atomic mass is 16.1. The zero-order valence-corrected chi connectivity index (χ0v) is 9.47. The molecule has 0 bridgehead atoms. The number of rotatable bonds is 2. The Labute approximate surface area is 86.9 Å². The van der Waals surface area contributed by atoms with E-state index in [1.54, 1.807) is 0 Å². The summed E-state index contributed by atoms with van der Waals surface area (Å²) in [7, 11) is 0. The van der Waals surface area contributed by atoms with Crippen molar-refractivity contribution >= 4 is 5.78 Å². The standard InChI is InChI=1S/C13H20O/c1-5-12(14)10-6-8-11(9-7-10)13(2,3)4/h5-6,11H,1,7-9H2,2-4H3. The predicted molar refractivity (Wildman–Crippen MR) is 60.1 cm³/mol. The van der Waals surface area contributed by atoms with Crippen molar-refractivity contribution in [3.05, 3.63) is 24.3 Å². The molecule has 0 heterocycles. The van der Waals surface area contributed by atoms with Gasteiger partial charge in [-0.05, 0) is 42.2 Å². The van der Waals surface area contributed by atoms with Crippen molar-refractivity contribution in [1.82, 2.24) is 0 Å². The van der Waals surface area contributed by atoms with Crippen LogP contribution in [0.5, 0.6) is 0 Å². The molecular weight excluding hydrogens is 172 g/mol. The molecule has 0 fully saturated rings. The van der Waals surface area contributed by atoms with Crippen LogP contribution in [0.3, 0.4) is 0 Å².